The lowest BCUT2D eigenvalue weighted by molar-refractivity contribution is 0.102. The highest BCUT2D eigenvalue weighted by atomic mass is 79.9. The van der Waals surface area contributed by atoms with E-state index in [0.717, 1.165) is 27.1 Å². The first kappa shape index (κ1) is 17.1. The number of nitrogens with zero attached hydrogens (tertiary/aromatic N) is 2. The highest BCUT2D eigenvalue weighted by Crippen LogP contribution is 2.20. The zero-order valence-corrected chi connectivity index (χ0v) is 15.2. The van der Waals surface area contributed by atoms with Gasteiger partial charge in [0, 0.05) is 28.2 Å². The minimum absolute atomic E-state index is 0.247. The van der Waals surface area contributed by atoms with Crippen LogP contribution in [0.1, 0.15) is 21.7 Å². The first-order chi connectivity index (χ1) is 12.1. The van der Waals surface area contributed by atoms with Crippen molar-refractivity contribution in [2.75, 3.05) is 10.6 Å². The Balaban J connectivity index is 1.67. The first-order valence-electron chi connectivity index (χ1n) is 7.79. The van der Waals surface area contributed by atoms with Crippen LogP contribution in [0.5, 0.6) is 0 Å². The maximum absolute atomic E-state index is 12.4. The van der Waals surface area contributed by atoms with Gasteiger partial charge in [0.2, 0.25) is 0 Å². The summed E-state index contributed by atoms with van der Waals surface area (Å²) in [6, 6.07) is 15.0. The fourth-order valence-electron chi connectivity index (χ4n) is 2.28. The fraction of sp³-hybridized carbons (Fsp3) is 0.105. The molecule has 0 atom stereocenters. The number of carbonyl (C=O) groups is 1. The molecule has 126 valence electrons. The number of hydrogen-bond acceptors (Lipinski definition) is 4. The van der Waals surface area contributed by atoms with Crippen molar-refractivity contribution in [2.45, 2.75) is 13.5 Å². The minimum atomic E-state index is -0.247. The lowest BCUT2D eigenvalue weighted by Crippen LogP contribution is -2.14. The number of aryl methyl sites for hydroxylation is 1. The summed E-state index contributed by atoms with van der Waals surface area (Å²) in [5.41, 5.74) is 3.89. The average Bonchev–Trinajstić information content (AvgIpc) is 2.64. The molecule has 2 N–H and O–H groups in total. The normalized spacial score (nSPS) is 10.3. The predicted molar refractivity (Wildman–Crippen MR) is 103 cm³/mol. The SMILES string of the molecule is Cc1cc(NC(=O)c2cc(NCc3ccccn3)ccn2)ccc1Br. The number of halogens is 1. The Morgan fingerprint density at radius 2 is 1.92 bits per heavy atom. The molecule has 1 amide bonds. The number of carbonyl (C=O) groups excluding carboxylic acids is 1. The van der Waals surface area contributed by atoms with E-state index in [0.29, 0.717) is 12.2 Å². The van der Waals surface area contributed by atoms with Gasteiger partial charge in [0.1, 0.15) is 5.69 Å². The third-order valence-electron chi connectivity index (χ3n) is 3.61. The van der Waals surface area contributed by atoms with Gasteiger partial charge in [-0.2, -0.15) is 0 Å². The van der Waals surface area contributed by atoms with Crippen molar-refractivity contribution in [3.05, 3.63) is 82.3 Å². The van der Waals surface area contributed by atoms with Gasteiger partial charge in [0.05, 0.1) is 12.2 Å². The molecule has 25 heavy (non-hydrogen) atoms. The highest BCUT2D eigenvalue weighted by Gasteiger charge is 2.09. The van der Waals surface area contributed by atoms with E-state index in [1.165, 1.54) is 0 Å². The lowest BCUT2D eigenvalue weighted by atomic mass is 10.2. The van der Waals surface area contributed by atoms with Crippen molar-refractivity contribution in [1.82, 2.24) is 9.97 Å². The van der Waals surface area contributed by atoms with Gasteiger partial charge in [-0.1, -0.05) is 22.0 Å². The molecular weight excluding hydrogens is 380 g/mol. The maximum atomic E-state index is 12.4. The Kier molecular flexibility index (Phi) is 5.40. The second-order valence-corrected chi connectivity index (χ2v) is 6.38. The molecule has 0 saturated heterocycles. The van der Waals surface area contributed by atoms with E-state index < -0.39 is 0 Å². The largest absolute Gasteiger partial charge is 0.379 e. The van der Waals surface area contributed by atoms with Crippen LogP contribution >= 0.6 is 15.9 Å². The maximum Gasteiger partial charge on any atom is 0.274 e. The molecule has 0 radical (unpaired) electrons. The Bertz CT molecular complexity index is 884. The van der Waals surface area contributed by atoms with Crippen LogP contribution in [0.3, 0.4) is 0 Å². The third kappa shape index (κ3) is 4.64. The Morgan fingerprint density at radius 1 is 1.04 bits per heavy atom. The van der Waals surface area contributed by atoms with E-state index in [1.807, 2.05) is 49.4 Å². The number of anilines is 2. The van der Waals surface area contributed by atoms with Crippen LogP contribution in [0, 0.1) is 6.92 Å². The van der Waals surface area contributed by atoms with Crippen molar-refractivity contribution in [1.29, 1.82) is 0 Å². The van der Waals surface area contributed by atoms with Crippen molar-refractivity contribution in [3.8, 4) is 0 Å². The molecule has 0 unspecified atom stereocenters. The number of benzene rings is 1. The summed E-state index contributed by atoms with van der Waals surface area (Å²) in [5, 5.41) is 6.11. The van der Waals surface area contributed by atoms with Crippen LogP contribution in [-0.2, 0) is 6.54 Å². The van der Waals surface area contributed by atoms with Gasteiger partial charge in [-0.3, -0.25) is 14.8 Å². The molecule has 2 heterocycles. The molecule has 2 aromatic heterocycles. The smallest absolute Gasteiger partial charge is 0.274 e. The summed E-state index contributed by atoms with van der Waals surface area (Å²) in [7, 11) is 0. The van der Waals surface area contributed by atoms with Crippen LogP contribution in [0.15, 0.2) is 65.4 Å². The Morgan fingerprint density at radius 3 is 2.68 bits per heavy atom. The predicted octanol–water partition coefficient (Wildman–Crippen LogP) is 4.41. The summed E-state index contributed by atoms with van der Waals surface area (Å²) in [6.07, 6.45) is 3.37. The first-order valence-corrected chi connectivity index (χ1v) is 8.58. The molecule has 0 aliphatic rings. The van der Waals surface area contributed by atoms with Crippen LogP contribution in [0.4, 0.5) is 11.4 Å². The van der Waals surface area contributed by atoms with E-state index in [4.69, 9.17) is 0 Å². The third-order valence-corrected chi connectivity index (χ3v) is 4.50. The molecule has 0 aliphatic carbocycles. The molecule has 5 nitrogen and oxygen atoms in total. The van der Waals surface area contributed by atoms with Crippen LogP contribution in [-0.4, -0.2) is 15.9 Å². The molecule has 0 bridgehead atoms. The van der Waals surface area contributed by atoms with Gasteiger partial charge >= 0.3 is 0 Å². The minimum Gasteiger partial charge on any atom is -0.379 e. The topological polar surface area (TPSA) is 66.9 Å². The van der Waals surface area contributed by atoms with Gasteiger partial charge in [0.15, 0.2) is 0 Å². The molecular formula is C19H17BrN4O. The molecule has 0 aliphatic heterocycles. The summed E-state index contributed by atoms with van der Waals surface area (Å²) in [5.74, 6) is -0.247. The monoisotopic (exact) mass is 396 g/mol. The number of pyridine rings is 2. The quantitative estimate of drug-likeness (QED) is 0.669. The number of aromatic nitrogens is 2. The molecule has 0 fully saturated rings. The molecule has 3 aromatic rings. The van der Waals surface area contributed by atoms with E-state index >= 15 is 0 Å². The molecule has 0 saturated carbocycles. The van der Waals surface area contributed by atoms with E-state index in [-0.39, 0.29) is 5.91 Å². The number of rotatable bonds is 5. The summed E-state index contributed by atoms with van der Waals surface area (Å²) < 4.78 is 1.00. The molecule has 3 rings (SSSR count). The van der Waals surface area contributed by atoms with Gasteiger partial charge in [0.25, 0.3) is 5.91 Å². The van der Waals surface area contributed by atoms with Crippen molar-refractivity contribution in [3.63, 3.8) is 0 Å². The zero-order chi connectivity index (χ0) is 17.6. The number of amides is 1. The summed E-state index contributed by atoms with van der Waals surface area (Å²) in [6.45, 7) is 2.55. The van der Waals surface area contributed by atoms with E-state index in [9.17, 15) is 4.79 Å². The zero-order valence-electron chi connectivity index (χ0n) is 13.7. The lowest BCUT2D eigenvalue weighted by Gasteiger charge is -2.09. The van der Waals surface area contributed by atoms with Crippen molar-refractivity contribution < 1.29 is 4.79 Å². The molecule has 1 aromatic carbocycles. The number of nitrogens with one attached hydrogen (secondary N) is 2. The van der Waals surface area contributed by atoms with Crippen molar-refractivity contribution >= 4 is 33.2 Å². The summed E-state index contributed by atoms with van der Waals surface area (Å²) in [4.78, 5) is 20.8. The van der Waals surface area contributed by atoms with Gasteiger partial charge < -0.3 is 10.6 Å². The Hall–Kier alpha value is -2.73. The fourth-order valence-corrected chi connectivity index (χ4v) is 2.52. The second-order valence-electron chi connectivity index (χ2n) is 5.52. The van der Waals surface area contributed by atoms with Gasteiger partial charge in [-0.25, -0.2) is 0 Å². The number of hydrogen-bond donors (Lipinski definition) is 2. The van der Waals surface area contributed by atoms with Crippen LogP contribution < -0.4 is 10.6 Å². The van der Waals surface area contributed by atoms with E-state index in [2.05, 4.69) is 36.5 Å². The average molecular weight is 397 g/mol. The second kappa shape index (κ2) is 7.90. The summed E-state index contributed by atoms with van der Waals surface area (Å²) >= 11 is 3.45. The highest BCUT2D eigenvalue weighted by molar-refractivity contribution is 9.10. The van der Waals surface area contributed by atoms with Crippen molar-refractivity contribution in [2.24, 2.45) is 0 Å². The van der Waals surface area contributed by atoms with Crippen LogP contribution in [0.2, 0.25) is 0 Å². The van der Waals surface area contributed by atoms with Gasteiger partial charge in [-0.05, 0) is 55.0 Å². The molecule has 0 spiro atoms. The van der Waals surface area contributed by atoms with E-state index in [1.54, 1.807) is 18.5 Å². The Labute approximate surface area is 154 Å². The van der Waals surface area contributed by atoms with Gasteiger partial charge in [-0.15, -0.1) is 0 Å². The standard InChI is InChI=1S/C19H17BrN4O/c1-13-10-15(5-6-17(13)20)24-19(25)18-11-14(7-9-22-18)23-12-16-4-2-3-8-21-16/h2-11H,12H2,1H3,(H,22,23)(H,24,25). The molecule has 6 heteroatoms. The van der Waals surface area contributed by atoms with Crippen LogP contribution in [0.25, 0.3) is 0 Å².